The molecular formula is C25H19Cl2N5O3. The van der Waals surface area contributed by atoms with E-state index >= 15 is 0 Å². The fourth-order valence-corrected chi connectivity index (χ4v) is 4.13. The molecule has 0 saturated heterocycles. The average molecular weight is 508 g/mol. The number of aromatic nitrogens is 3. The molecule has 4 rings (SSSR count). The number of nitrogens with zero attached hydrogens (tertiary/aromatic N) is 3. The van der Waals surface area contributed by atoms with E-state index < -0.39 is 23.6 Å². The fraction of sp³-hybridized carbons (Fsp3) is 0.0800. The van der Waals surface area contributed by atoms with Gasteiger partial charge in [-0.05, 0) is 35.9 Å². The van der Waals surface area contributed by atoms with Gasteiger partial charge in [-0.2, -0.15) is 5.10 Å². The van der Waals surface area contributed by atoms with Gasteiger partial charge in [0, 0.05) is 24.4 Å². The van der Waals surface area contributed by atoms with Gasteiger partial charge in [0.15, 0.2) is 5.82 Å². The van der Waals surface area contributed by atoms with Gasteiger partial charge in [-0.25, -0.2) is 9.67 Å². The van der Waals surface area contributed by atoms with Crippen molar-refractivity contribution in [2.75, 3.05) is 0 Å². The van der Waals surface area contributed by atoms with Crippen LogP contribution in [-0.4, -0.2) is 38.4 Å². The number of amides is 2. The fourth-order valence-electron chi connectivity index (χ4n) is 3.54. The third kappa shape index (κ3) is 5.40. The molecule has 0 fully saturated rings. The molecule has 3 N–H and O–H groups in total. The molecule has 2 heterocycles. The first-order valence-electron chi connectivity index (χ1n) is 10.5. The van der Waals surface area contributed by atoms with Gasteiger partial charge in [0.25, 0.3) is 11.8 Å². The number of hydrogen-bond acceptors (Lipinski definition) is 5. The summed E-state index contributed by atoms with van der Waals surface area (Å²) in [5, 5.41) is 7.96. The number of nitrogens with one attached hydrogen (secondary N) is 1. The summed E-state index contributed by atoms with van der Waals surface area (Å²) >= 11 is 12.6. The van der Waals surface area contributed by atoms with Crippen molar-refractivity contribution in [2.45, 2.75) is 12.5 Å². The first kappa shape index (κ1) is 24.1. The molecule has 0 aliphatic carbocycles. The largest absolute Gasteiger partial charge is 0.363 e. The van der Waals surface area contributed by atoms with Crippen LogP contribution in [0.4, 0.5) is 0 Å². The van der Waals surface area contributed by atoms with E-state index in [1.165, 1.54) is 16.9 Å². The lowest BCUT2D eigenvalue weighted by Gasteiger charge is -2.17. The van der Waals surface area contributed by atoms with Crippen molar-refractivity contribution in [3.8, 4) is 17.1 Å². The topological polar surface area (TPSA) is 120 Å². The van der Waals surface area contributed by atoms with Crippen LogP contribution in [0.3, 0.4) is 0 Å². The lowest BCUT2D eigenvalue weighted by molar-refractivity contribution is -0.137. The van der Waals surface area contributed by atoms with Crippen molar-refractivity contribution in [3.63, 3.8) is 0 Å². The van der Waals surface area contributed by atoms with Crippen LogP contribution >= 0.6 is 23.2 Å². The third-order valence-corrected chi connectivity index (χ3v) is 5.83. The predicted octanol–water partition coefficient (Wildman–Crippen LogP) is 3.64. The van der Waals surface area contributed by atoms with E-state index in [1.807, 2.05) is 6.07 Å². The minimum atomic E-state index is -1.15. The molecule has 0 bridgehead atoms. The van der Waals surface area contributed by atoms with Gasteiger partial charge in [-0.3, -0.25) is 14.4 Å². The molecule has 2 aromatic heterocycles. The summed E-state index contributed by atoms with van der Waals surface area (Å²) < 4.78 is 1.41. The van der Waals surface area contributed by atoms with Gasteiger partial charge in [0.05, 0.1) is 21.3 Å². The van der Waals surface area contributed by atoms with Gasteiger partial charge in [0.1, 0.15) is 6.04 Å². The van der Waals surface area contributed by atoms with E-state index in [0.717, 1.165) is 5.56 Å². The average Bonchev–Trinajstić information content (AvgIpc) is 3.33. The highest BCUT2D eigenvalue weighted by Gasteiger charge is 2.27. The third-order valence-electron chi connectivity index (χ3n) is 5.20. The zero-order valence-electron chi connectivity index (χ0n) is 18.2. The van der Waals surface area contributed by atoms with Crippen LogP contribution in [0.25, 0.3) is 17.1 Å². The Hall–Kier alpha value is -4.01. The molecule has 0 saturated carbocycles. The Morgan fingerprint density at radius 2 is 1.66 bits per heavy atom. The summed E-state index contributed by atoms with van der Waals surface area (Å²) in [6.45, 7) is 0. The number of halogens is 2. The van der Waals surface area contributed by atoms with Crippen LogP contribution in [-0.2, 0) is 16.0 Å². The zero-order valence-corrected chi connectivity index (χ0v) is 19.7. The van der Waals surface area contributed by atoms with Gasteiger partial charge in [0.2, 0.25) is 5.78 Å². The number of pyridine rings is 1. The lowest BCUT2D eigenvalue weighted by atomic mass is 10.0. The van der Waals surface area contributed by atoms with E-state index in [2.05, 4.69) is 15.4 Å². The maximum absolute atomic E-state index is 13.2. The highest BCUT2D eigenvalue weighted by molar-refractivity contribution is 6.39. The van der Waals surface area contributed by atoms with Crippen LogP contribution < -0.4 is 11.1 Å². The Balaban J connectivity index is 1.64. The molecule has 1 atom stereocenters. The first-order valence-corrected chi connectivity index (χ1v) is 11.2. The van der Waals surface area contributed by atoms with Crippen molar-refractivity contribution in [1.29, 1.82) is 0 Å². The highest BCUT2D eigenvalue weighted by Crippen LogP contribution is 2.33. The second-order valence-corrected chi connectivity index (χ2v) is 8.38. The molecule has 176 valence electrons. The number of nitrogens with two attached hydrogens (primary N) is 1. The summed E-state index contributed by atoms with van der Waals surface area (Å²) in [4.78, 5) is 41.6. The Morgan fingerprint density at radius 3 is 2.34 bits per heavy atom. The molecular weight excluding hydrogens is 489 g/mol. The Kier molecular flexibility index (Phi) is 7.24. The summed E-state index contributed by atoms with van der Waals surface area (Å²) in [6.07, 6.45) is 3.22. The molecule has 0 radical (unpaired) electrons. The number of benzene rings is 2. The van der Waals surface area contributed by atoms with Crippen LogP contribution in [0.2, 0.25) is 10.0 Å². The van der Waals surface area contributed by atoms with E-state index in [1.54, 1.807) is 60.8 Å². The van der Waals surface area contributed by atoms with Crippen molar-refractivity contribution >= 4 is 40.8 Å². The number of ketones is 1. The standard InChI is InChI=1S/C25H19Cl2N5O3/c26-17-9-4-10-18(27)21(17)19-11-13-32(31-19)24-16(8-5-12-29-24)25(35)30-20(22(33)23(28)34)14-15-6-2-1-3-7-15/h1-13,20H,14H2,(H2,28,34)(H,30,35). The van der Waals surface area contributed by atoms with E-state index in [9.17, 15) is 14.4 Å². The lowest BCUT2D eigenvalue weighted by Crippen LogP contribution is -2.47. The Bertz CT molecular complexity index is 1380. The van der Waals surface area contributed by atoms with Crippen molar-refractivity contribution in [3.05, 3.63) is 100 Å². The molecule has 2 amide bonds. The summed E-state index contributed by atoms with van der Waals surface area (Å²) in [5.74, 6) is -2.44. The van der Waals surface area contributed by atoms with E-state index in [0.29, 0.717) is 21.3 Å². The number of Topliss-reactive ketones (excluding diaryl/α,β-unsaturated/α-hetero) is 1. The van der Waals surface area contributed by atoms with Gasteiger partial charge in [-0.1, -0.05) is 59.6 Å². The molecule has 0 aliphatic heterocycles. The maximum atomic E-state index is 13.2. The van der Waals surface area contributed by atoms with Crippen molar-refractivity contribution in [1.82, 2.24) is 20.1 Å². The number of rotatable bonds is 8. The molecule has 4 aromatic rings. The zero-order chi connectivity index (χ0) is 24.9. The molecule has 35 heavy (non-hydrogen) atoms. The summed E-state index contributed by atoms with van der Waals surface area (Å²) in [5.41, 5.74) is 7.16. The van der Waals surface area contributed by atoms with Crippen LogP contribution in [0, 0.1) is 0 Å². The normalized spacial score (nSPS) is 11.6. The van der Waals surface area contributed by atoms with Gasteiger partial charge >= 0.3 is 0 Å². The minimum Gasteiger partial charge on any atom is -0.363 e. The number of hydrogen-bond donors (Lipinski definition) is 2. The highest BCUT2D eigenvalue weighted by atomic mass is 35.5. The second-order valence-electron chi connectivity index (χ2n) is 7.56. The molecule has 8 nitrogen and oxygen atoms in total. The van der Waals surface area contributed by atoms with Crippen LogP contribution in [0.5, 0.6) is 0 Å². The number of primary amides is 1. The monoisotopic (exact) mass is 507 g/mol. The predicted molar refractivity (Wildman–Crippen MR) is 132 cm³/mol. The van der Waals surface area contributed by atoms with E-state index in [4.69, 9.17) is 28.9 Å². The SMILES string of the molecule is NC(=O)C(=O)C(Cc1ccccc1)NC(=O)c1cccnc1-n1ccc(-c2c(Cl)cccc2Cl)n1. The van der Waals surface area contributed by atoms with Crippen molar-refractivity contribution < 1.29 is 14.4 Å². The smallest absolute Gasteiger partial charge is 0.287 e. The Morgan fingerprint density at radius 1 is 0.943 bits per heavy atom. The molecule has 0 aliphatic rings. The van der Waals surface area contributed by atoms with Crippen LogP contribution in [0.15, 0.2) is 79.1 Å². The van der Waals surface area contributed by atoms with Crippen molar-refractivity contribution in [2.24, 2.45) is 5.73 Å². The number of carbonyl (C=O) groups excluding carboxylic acids is 3. The number of carbonyl (C=O) groups is 3. The van der Waals surface area contributed by atoms with Crippen LogP contribution in [0.1, 0.15) is 15.9 Å². The van der Waals surface area contributed by atoms with Gasteiger partial charge < -0.3 is 11.1 Å². The molecule has 10 heteroatoms. The Labute approximate surface area is 210 Å². The maximum Gasteiger partial charge on any atom is 0.287 e. The minimum absolute atomic E-state index is 0.0981. The molecule has 2 aromatic carbocycles. The molecule has 0 spiro atoms. The second kappa shape index (κ2) is 10.5. The van der Waals surface area contributed by atoms with Gasteiger partial charge in [-0.15, -0.1) is 0 Å². The quantitative estimate of drug-likeness (QED) is 0.352. The van der Waals surface area contributed by atoms with E-state index in [-0.39, 0.29) is 17.8 Å². The summed E-state index contributed by atoms with van der Waals surface area (Å²) in [6, 6.07) is 17.8. The summed E-state index contributed by atoms with van der Waals surface area (Å²) in [7, 11) is 0. The first-order chi connectivity index (χ1) is 16.8. The molecule has 1 unspecified atom stereocenters.